The van der Waals surface area contributed by atoms with Gasteiger partial charge in [0.05, 0.1) is 12.1 Å². The molecule has 0 aliphatic rings. The van der Waals surface area contributed by atoms with Crippen molar-refractivity contribution in [2.45, 2.75) is 12.7 Å². The average molecular weight is 403 g/mol. The van der Waals surface area contributed by atoms with E-state index in [4.69, 9.17) is 0 Å². The molecule has 4 rings (SSSR count). The van der Waals surface area contributed by atoms with Crippen molar-refractivity contribution in [2.75, 3.05) is 0 Å². The minimum Gasteiger partial charge on any atom is -0.343 e. The minimum absolute atomic E-state index is 0.0838. The molecule has 0 radical (unpaired) electrons. The zero-order valence-corrected chi connectivity index (χ0v) is 15.0. The second kappa shape index (κ2) is 7.04. The van der Waals surface area contributed by atoms with Crippen LogP contribution >= 0.6 is 11.3 Å². The molecule has 0 spiro atoms. The van der Waals surface area contributed by atoms with E-state index in [1.54, 1.807) is 5.38 Å². The molecule has 0 bridgehead atoms. The van der Waals surface area contributed by atoms with E-state index in [1.165, 1.54) is 21.8 Å². The second-order valence-corrected chi connectivity index (χ2v) is 6.70. The zero-order valence-electron chi connectivity index (χ0n) is 14.1. The Bertz CT molecular complexity index is 1140. The van der Waals surface area contributed by atoms with Crippen LogP contribution in [0.2, 0.25) is 0 Å². The molecular weight excluding hydrogens is 391 g/mol. The van der Waals surface area contributed by atoms with Gasteiger partial charge in [-0.15, -0.1) is 21.5 Å². The van der Waals surface area contributed by atoms with Crippen LogP contribution in [-0.4, -0.2) is 25.5 Å². The highest BCUT2D eigenvalue weighted by Crippen LogP contribution is 2.29. The smallest absolute Gasteiger partial charge is 0.343 e. The fraction of sp³-hybridized carbons (Fsp3) is 0.111. The van der Waals surface area contributed by atoms with E-state index in [2.05, 4.69) is 20.5 Å². The molecule has 0 aliphatic heterocycles. The molecule has 0 atom stereocenters. The van der Waals surface area contributed by atoms with Gasteiger partial charge in [0.25, 0.3) is 5.91 Å². The number of fused-ring (bicyclic) bond motifs is 1. The Morgan fingerprint density at radius 2 is 1.89 bits per heavy atom. The van der Waals surface area contributed by atoms with E-state index < -0.39 is 17.6 Å². The first-order valence-corrected chi connectivity index (χ1v) is 9.00. The number of nitrogens with one attached hydrogen (secondary N) is 1. The van der Waals surface area contributed by atoms with Crippen LogP contribution in [0.15, 0.2) is 54.0 Å². The molecular formula is C18H12F3N5OS. The Labute approximate surface area is 160 Å². The standard InChI is InChI=1S/C18H12F3N5OS/c19-18(20,21)12-6-7-14-24-25-15(26(14)9-12)8-22-16(27)13-10-28-17(23-13)11-4-2-1-3-5-11/h1-7,9-10H,8H2,(H,22,27). The lowest BCUT2D eigenvalue weighted by Gasteiger charge is -2.07. The second-order valence-electron chi connectivity index (χ2n) is 5.85. The zero-order chi connectivity index (χ0) is 19.7. The molecule has 0 fully saturated rings. The molecule has 0 saturated heterocycles. The van der Waals surface area contributed by atoms with Crippen molar-refractivity contribution in [3.8, 4) is 10.6 Å². The minimum atomic E-state index is -4.48. The molecule has 0 aliphatic carbocycles. The molecule has 1 aromatic carbocycles. The predicted molar refractivity (Wildman–Crippen MR) is 96.7 cm³/mol. The number of carbonyl (C=O) groups excluding carboxylic acids is 1. The van der Waals surface area contributed by atoms with E-state index >= 15 is 0 Å². The van der Waals surface area contributed by atoms with E-state index in [0.717, 1.165) is 17.8 Å². The SMILES string of the molecule is O=C(NCc1nnc2ccc(C(F)(F)F)cn12)c1csc(-c2ccccc2)n1. The number of rotatable bonds is 4. The molecule has 1 amide bonds. The summed E-state index contributed by atoms with van der Waals surface area (Å²) >= 11 is 1.33. The molecule has 6 nitrogen and oxygen atoms in total. The maximum absolute atomic E-state index is 12.9. The summed E-state index contributed by atoms with van der Waals surface area (Å²) in [6.07, 6.45) is -3.57. The average Bonchev–Trinajstić information content (AvgIpc) is 3.33. The van der Waals surface area contributed by atoms with Gasteiger partial charge >= 0.3 is 6.18 Å². The van der Waals surface area contributed by atoms with Gasteiger partial charge in [-0.25, -0.2) is 4.98 Å². The highest BCUT2D eigenvalue weighted by atomic mass is 32.1. The number of hydrogen-bond donors (Lipinski definition) is 1. The van der Waals surface area contributed by atoms with Crippen molar-refractivity contribution >= 4 is 22.9 Å². The van der Waals surface area contributed by atoms with Gasteiger partial charge in [0, 0.05) is 17.1 Å². The van der Waals surface area contributed by atoms with Crippen molar-refractivity contribution in [3.63, 3.8) is 0 Å². The summed E-state index contributed by atoms with van der Waals surface area (Å²) in [7, 11) is 0. The summed E-state index contributed by atoms with van der Waals surface area (Å²) in [6, 6.07) is 11.6. The van der Waals surface area contributed by atoms with Gasteiger partial charge in [-0.3, -0.25) is 9.20 Å². The Morgan fingerprint density at radius 3 is 2.64 bits per heavy atom. The number of carbonyl (C=O) groups is 1. The molecule has 1 N–H and O–H groups in total. The van der Waals surface area contributed by atoms with Crippen LogP contribution in [0.5, 0.6) is 0 Å². The first-order chi connectivity index (χ1) is 13.4. The molecule has 3 heterocycles. The van der Waals surface area contributed by atoms with Crippen LogP contribution in [0.25, 0.3) is 16.2 Å². The quantitative estimate of drug-likeness (QED) is 0.563. The van der Waals surface area contributed by atoms with Gasteiger partial charge in [0.2, 0.25) is 0 Å². The molecule has 3 aromatic heterocycles. The molecule has 142 valence electrons. The maximum Gasteiger partial charge on any atom is 0.417 e. The molecule has 0 unspecified atom stereocenters. The van der Waals surface area contributed by atoms with Gasteiger partial charge in [0.1, 0.15) is 10.7 Å². The first-order valence-electron chi connectivity index (χ1n) is 8.12. The van der Waals surface area contributed by atoms with Crippen LogP contribution in [0, 0.1) is 0 Å². The van der Waals surface area contributed by atoms with E-state index in [-0.39, 0.29) is 23.7 Å². The molecule has 4 aromatic rings. The number of hydrogen-bond acceptors (Lipinski definition) is 5. The molecule has 0 saturated carbocycles. The number of thiazole rings is 1. The lowest BCUT2D eigenvalue weighted by molar-refractivity contribution is -0.137. The first kappa shape index (κ1) is 18.1. The largest absolute Gasteiger partial charge is 0.417 e. The summed E-state index contributed by atoms with van der Waals surface area (Å²) in [5, 5.41) is 12.6. The van der Waals surface area contributed by atoms with Crippen molar-refractivity contribution in [2.24, 2.45) is 0 Å². The third-order valence-electron chi connectivity index (χ3n) is 3.96. The topological polar surface area (TPSA) is 72.2 Å². The highest BCUT2D eigenvalue weighted by molar-refractivity contribution is 7.13. The summed E-state index contributed by atoms with van der Waals surface area (Å²) < 4.78 is 39.9. The Morgan fingerprint density at radius 1 is 1.11 bits per heavy atom. The van der Waals surface area contributed by atoms with Crippen molar-refractivity contribution < 1.29 is 18.0 Å². The lowest BCUT2D eigenvalue weighted by Crippen LogP contribution is -2.24. The van der Waals surface area contributed by atoms with E-state index in [9.17, 15) is 18.0 Å². The van der Waals surface area contributed by atoms with Crippen LogP contribution < -0.4 is 5.32 Å². The lowest BCUT2D eigenvalue weighted by atomic mass is 10.2. The third-order valence-corrected chi connectivity index (χ3v) is 4.86. The third kappa shape index (κ3) is 3.58. The number of nitrogens with zero attached hydrogens (tertiary/aromatic N) is 4. The number of amides is 1. The fourth-order valence-corrected chi connectivity index (χ4v) is 3.37. The predicted octanol–water partition coefficient (Wildman–Crippen LogP) is 3.80. The van der Waals surface area contributed by atoms with Crippen LogP contribution in [0.3, 0.4) is 0 Å². The van der Waals surface area contributed by atoms with E-state index in [0.29, 0.717) is 5.01 Å². The number of pyridine rings is 1. The fourth-order valence-electron chi connectivity index (χ4n) is 2.57. The monoisotopic (exact) mass is 403 g/mol. The van der Waals surface area contributed by atoms with Gasteiger partial charge in [-0.2, -0.15) is 13.2 Å². The van der Waals surface area contributed by atoms with Gasteiger partial charge in [0.15, 0.2) is 11.5 Å². The van der Waals surface area contributed by atoms with Gasteiger partial charge in [-0.1, -0.05) is 30.3 Å². The normalized spacial score (nSPS) is 11.7. The van der Waals surface area contributed by atoms with Crippen molar-refractivity contribution in [1.29, 1.82) is 0 Å². The summed E-state index contributed by atoms with van der Waals surface area (Å²) in [5.41, 5.74) is 0.569. The van der Waals surface area contributed by atoms with Crippen LogP contribution in [0.4, 0.5) is 13.2 Å². The molecule has 28 heavy (non-hydrogen) atoms. The number of alkyl halides is 3. The van der Waals surface area contributed by atoms with Gasteiger partial charge in [-0.05, 0) is 12.1 Å². The van der Waals surface area contributed by atoms with Crippen LogP contribution in [0.1, 0.15) is 21.9 Å². The highest BCUT2D eigenvalue weighted by Gasteiger charge is 2.31. The van der Waals surface area contributed by atoms with E-state index in [1.807, 2.05) is 30.3 Å². The number of benzene rings is 1. The van der Waals surface area contributed by atoms with Gasteiger partial charge < -0.3 is 5.32 Å². The Balaban J connectivity index is 1.50. The van der Waals surface area contributed by atoms with Crippen LogP contribution in [-0.2, 0) is 12.7 Å². The number of halogens is 3. The Hall–Kier alpha value is -3.27. The Kier molecular flexibility index (Phi) is 4.55. The number of aromatic nitrogens is 4. The summed E-state index contributed by atoms with van der Waals surface area (Å²) in [4.78, 5) is 16.6. The van der Waals surface area contributed by atoms with Crippen molar-refractivity contribution in [3.05, 3.63) is 71.1 Å². The summed E-state index contributed by atoms with van der Waals surface area (Å²) in [5.74, 6) is -0.255. The maximum atomic E-state index is 12.9. The summed E-state index contributed by atoms with van der Waals surface area (Å²) in [6.45, 7) is -0.0838. The van der Waals surface area contributed by atoms with Crippen molar-refractivity contribution in [1.82, 2.24) is 24.9 Å². The molecule has 10 heteroatoms.